The van der Waals surface area contributed by atoms with Crippen molar-refractivity contribution in [3.8, 4) is 11.8 Å². The first kappa shape index (κ1) is 18.0. The highest BCUT2D eigenvalue weighted by Gasteiger charge is 2.27. The lowest BCUT2D eigenvalue weighted by Gasteiger charge is -2.30. The Morgan fingerprint density at radius 1 is 1.36 bits per heavy atom. The lowest BCUT2D eigenvalue weighted by molar-refractivity contribution is -0.128. The Bertz CT molecular complexity index is 507. The molecule has 0 spiro atoms. The zero-order valence-corrected chi connectivity index (χ0v) is 13.4. The Labute approximate surface area is 131 Å². The van der Waals surface area contributed by atoms with Crippen LogP contribution >= 0.6 is 0 Å². The van der Waals surface area contributed by atoms with Crippen LogP contribution in [0.5, 0.6) is 5.75 Å². The van der Waals surface area contributed by atoms with Crippen molar-refractivity contribution in [1.82, 2.24) is 5.32 Å². The smallest absolute Gasteiger partial charge is 0.260 e. The van der Waals surface area contributed by atoms with Crippen LogP contribution in [0.3, 0.4) is 0 Å². The minimum Gasteiger partial charge on any atom is -0.481 e. The summed E-state index contributed by atoms with van der Waals surface area (Å²) in [6.45, 7) is 6.15. The van der Waals surface area contributed by atoms with Crippen LogP contribution in [0.15, 0.2) is 24.3 Å². The SMILES string of the molecule is CCC(CC)(CO)CNC(=O)C(C)Oc1ccc(C#N)cc1. The largest absolute Gasteiger partial charge is 0.481 e. The molecule has 2 N–H and O–H groups in total. The van der Waals surface area contributed by atoms with Crippen molar-refractivity contribution in [2.45, 2.75) is 39.7 Å². The highest BCUT2D eigenvalue weighted by Crippen LogP contribution is 2.24. The summed E-state index contributed by atoms with van der Waals surface area (Å²) < 4.78 is 5.56. The van der Waals surface area contributed by atoms with Gasteiger partial charge in [0.1, 0.15) is 5.75 Å². The number of benzene rings is 1. The predicted molar refractivity (Wildman–Crippen MR) is 84.4 cm³/mol. The van der Waals surface area contributed by atoms with Crippen LogP contribution in [0.1, 0.15) is 39.2 Å². The number of carbonyl (C=O) groups is 1. The number of nitriles is 1. The molecule has 120 valence electrons. The van der Waals surface area contributed by atoms with Gasteiger partial charge in [0.25, 0.3) is 5.91 Å². The number of ether oxygens (including phenoxy) is 1. The normalized spacial score (nSPS) is 12.3. The Morgan fingerprint density at radius 2 is 1.95 bits per heavy atom. The molecule has 0 aliphatic carbocycles. The van der Waals surface area contributed by atoms with Crippen molar-refractivity contribution in [3.05, 3.63) is 29.8 Å². The van der Waals surface area contributed by atoms with E-state index in [1.807, 2.05) is 19.9 Å². The standard InChI is InChI=1S/C17H24N2O3/c1-4-17(5-2,12-20)11-19-16(21)13(3)22-15-8-6-14(10-18)7-9-15/h6-9,13,20H,4-5,11-12H2,1-3H3,(H,19,21). The number of amides is 1. The van der Waals surface area contributed by atoms with Crippen LogP contribution in [0.2, 0.25) is 0 Å². The molecule has 1 amide bonds. The molecule has 1 aromatic rings. The van der Waals surface area contributed by atoms with Gasteiger partial charge in [0.2, 0.25) is 0 Å². The monoisotopic (exact) mass is 304 g/mol. The van der Waals surface area contributed by atoms with Gasteiger partial charge in [-0.1, -0.05) is 13.8 Å². The molecular weight excluding hydrogens is 280 g/mol. The first-order valence-electron chi connectivity index (χ1n) is 7.55. The highest BCUT2D eigenvalue weighted by atomic mass is 16.5. The molecule has 1 atom stereocenters. The van der Waals surface area contributed by atoms with E-state index in [1.54, 1.807) is 31.2 Å². The van der Waals surface area contributed by atoms with Crippen LogP contribution in [0, 0.1) is 16.7 Å². The molecule has 1 aromatic carbocycles. The van der Waals surface area contributed by atoms with Crippen LogP contribution in [-0.4, -0.2) is 30.3 Å². The summed E-state index contributed by atoms with van der Waals surface area (Å²) in [5, 5.41) is 21.1. The summed E-state index contributed by atoms with van der Waals surface area (Å²) in [4.78, 5) is 12.1. The van der Waals surface area contributed by atoms with Crippen LogP contribution in [0.4, 0.5) is 0 Å². The molecule has 0 saturated carbocycles. The molecule has 0 aromatic heterocycles. The number of aliphatic hydroxyl groups is 1. The summed E-state index contributed by atoms with van der Waals surface area (Å²) >= 11 is 0. The van der Waals surface area contributed by atoms with E-state index in [9.17, 15) is 9.90 Å². The quantitative estimate of drug-likeness (QED) is 0.771. The fourth-order valence-corrected chi connectivity index (χ4v) is 2.06. The maximum atomic E-state index is 12.1. The Balaban J connectivity index is 2.56. The van der Waals surface area contributed by atoms with E-state index < -0.39 is 6.10 Å². The topological polar surface area (TPSA) is 82.3 Å². The molecule has 0 aliphatic rings. The molecule has 0 saturated heterocycles. The van der Waals surface area contributed by atoms with Gasteiger partial charge >= 0.3 is 0 Å². The minimum absolute atomic E-state index is 0.0468. The average molecular weight is 304 g/mol. The lowest BCUT2D eigenvalue weighted by Crippen LogP contribution is -2.44. The number of aliphatic hydroxyl groups excluding tert-OH is 1. The Morgan fingerprint density at radius 3 is 2.41 bits per heavy atom. The molecule has 0 aliphatic heterocycles. The second-order valence-corrected chi connectivity index (χ2v) is 5.48. The van der Waals surface area contributed by atoms with E-state index in [0.717, 1.165) is 12.8 Å². The molecule has 0 radical (unpaired) electrons. The summed E-state index contributed by atoms with van der Waals surface area (Å²) in [5.41, 5.74) is 0.271. The zero-order chi connectivity index (χ0) is 16.6. The van der Waals surface area contributed by atoms with Gasteiger partial charge in [0.05, 0.1) is 18.2 Å². The van der Waals surface area contributed by atoms with Gasteiger partial charge in [0, 0.05) is 12.0 Å². The fraction of sp³-hybridized carbons (Fsp3) is 0.529. The third kappa shape index (κ3) is 4.74. The molecule has 1 rings (SSSR count). The van der Waals surface area contributed by atoms with Crippen molar-refractivity contribution in [3.63, 3.8) is 0 Å². The first-order chi connectivity index (χ1) is 10.5. The number of hydrogen-bond acceptors (Lipinski definition) is 4. The highest BCUT2D eigenvalue weighted by molar-refractivity contribution is 5.80. The first-order valence-corrected chi connectivity index (χ1v) is 7.55. The number of nitrogens with zero attached hydrogens (tertiary/aromatic N) is 1. The second-order valence-electron chi connectivity index (χ2n) is 5.48. The van der Waals surface area contributed by atoms with E-state index in [-0.39, 0.29) is 17.9 Å². The number of hydrogen-bond donors (Lipinski definition) is 2. The maximum absolute atomic E-state index is 12.1. The van der Waals surface area contributed by atoms with Crippen molar-refractivity contribution >= 4 is 5.91 Å². The van der Waals surface area contributed by atoms with Crippen LogP contribution in [-0.2, 0) is 4.79 Å². The van der Waals surface area contributed by atoms with E-state index in [0.29, 0.717) is 17.9 Å². The summed E-state index contributed by atoms with van der Waals surface area (Å²) in [6.07, 6.45) is 0.953. The van der Waals surface area contributed by atoms with E-state index >= 15 is 0 Å². The van der Waals surface area contributed by atoms with Gasteiger partial charge in [0.15, 0.2) is 6.10 Å². The van der Waals surface area contributed by atoms with Crippen molar-refractivity contribution in [2.24, 2.45) is 5.41 Å². The summed E-state index contributed by atoms with van der Waals surface area (Å²) in [6, 6.07) is 8.65. The van der Waals surface area contributed by atoms with E-state index in [2.05, 4.69) is 5.32 Å². The number of carbonyl (C=O) groups excluding carboxylic acids is 1. The minimum atomic E-state index is -0.641. The van der Waals surface area contributed by atoms with Crippen LogP contribution < -0.4 is 10.1 Å². The third-order valence-corrected chi connectivity index (χ3v) is 4.14. The van der Waals surface area contributed by atoms with Gasteiger partial charge in [-0.15, -0.1) is 0 Å². The average Bonchev–Trinajstić information content (AvgIpc) is 2.57. The zero-order valence-electron chi connectivity index (χ0n) is 13.4. The molecule has 22 heavy (non-hydrogen) atoms. The molecule has 0 bridgehead atoms. The number of nitrogens with one attached hydrogen (secondary N) is 1. The molecule has 1 unspecified atom stereocenters. The molecular formula is C17H24N2O3. The molecule has 0 fully saturated rings. The van der Waals surface area contributed by atoms with Gasteiger partial charge in [-0.25, -0.2) is 0 Å². The fourth-order valence-electron chi connectivity index (χ4n) is 2.06. The maximum Gasteiger partial charge on any atom is 0.260 e. The second kappa shape index (κ2) is 8.40. The van der Waals surface area contributed by atoms with Gasteiger partial charge < -0.3 is 15.2 Å². The van der Waals surface area contributed by atoms with E-state index in [1.165, 1.54) is 0 Å². The van der Waals surface area contributed by atoms with Crippen LogP contribution in [0.25, 0.3) is 0 Å². The predicted octanol–water partition coefficient (Wildman–Crippen LogP) is 2.24. The van der Waals surface area contributed by atoms with E-state index in [4.69, 9.17) is 10.00 Å². The van der Waals surface area contributed by atoms with Gasteiger partial charge in [-0.2, -0.15) is 5.26 Å². The lowest BCUT2D eigenvalue weighted by atomic mass is 9.83. The van der Waals surface area contributed by atoms with Crippen molar-refractivity contribution < 1.29 is 14.6 Å². The molecule has 5 nitrogen and oxygen atoms in total. The van der Waals surface area contributed by atoms with Crippen molar-refractivity contribution in [1.29, 1.82) is 5.26 Å². The third-order valence-electron chi connectivity index (χ3n) is 4.14. The van der Waals surface area contributed by atoms with Gasteiger partial charge in [-0.05, 0) is 44.0 Å². The molecule has 0 heterocycles. The summed E-state index contributed by atoms with van der Waals surface area (Å²) in [5.74, 6) is 0.324. The summed E-state index contributed by atoms with van der Waals surface area (Å²) in [7, 11) is 0. The molecule has 5 heteroatoms. The Kier molecular flexibility index (Phi) is 6.87. The van der Waals surface area contributed by atoms with Crippen molar-refractivity contribution in [2.75, 3.05) is 13.2 Å². The van der Waals surface area contributed by atoms with Gasteiger partial charge in [-0.3, -0.25) is 4.79 Å². The number of rotatable bonds is 8. The Hall–Kier alpha value is -2.06.